The molecule has 20 heavy (non-hydrogen) atoms. The third-order valence-corrected chi connectivity index (χ3v) is 2.71. The number of amides is 1. The molecule has 1 aromatic heterocycles. The van der Waals surface area contributed by atoms with Crippen molar-refractivity contribution in [2.45, 2.75) is 19.4 Å². The Labute approximate surface area is 116 Å². The Bertz CT molecular complexity index is 531. The summed E-state index contributed by atoms with van der Waals surface area (Å²) in [6.07, 6.45) is 4.25. The lowest BCUT2D eigenvalue weighted by atomic mass is 10.2. The first-order chi connectivity index (χ1) is 9.65. The van der Waals surface area contributed by atoms with Gasteiger partial charge in [-0.3, -0.25) is 14.6 Å². The smallest absolute Gasteiger partial charge is 0.246 e. The Morgan fingerprint density at radius 3 is 3.10 bits per heavy atom. The second-order valence-corrected chi connectivity index (χ2v) is 4.38. The summed E-state index contributed by atoms with van der Waals surface area (Å²) in [5.74, 6) is 0.339. The normalized spacial score (nSPS) is 17.9. The molecule has 106 valence electrons. The summed E-state index contributed by atoms with van der Waals surface area (Å²) < 4.78 is 10.4. The molecule has 0 saturated heterocycles. The van der Waals surface area contributed by atoms with Crippen LogP contribution >= 0.6 is 0 Å². The van der Waals surface area contributed by atoms with Gasteiger partial charge in [-0.1, -0.05) is 0 Å². The van der Waals surface area contributed by atoms with Crippen molar-refractivity contribution in [1.29, 1.82) is 0 Å². The molecular formula is C14H16N2O4. The van der Waals surface area contributed by atoms with Crippen molar-refractivity contribution in [3.8, 4) is 0 Å². The van der Waals surface area contributed by atoms with E-state index < -0.39 is 6.10 Å². The van der Waals surface area contributed by atoms with Crippen LogP contribution in [0, 0.1) is 0 Å². The average molecular weight is 276 g/mol. The lowest BCUT2D eigenvalue weighted by molar-refractivity contribution is -0.130. The maximum Gasteiger partial charge on any atom is 0.246 e. The van der Waals surface area contributed by atoms with Crippen molar-refractivity contribution in [2.24, 2.45) is 4.99 Å². The molecule has 1 unspecified atom stereocenters. The lowest BCUT2D eigenvalue weighted by Gasteiger charge is -2.13. The third kappa shape index (κ3) is 4.17. The van der Waals surface area contributed by atoms with Crippen LogP contribution in [0.1, 0.15) is 12.7 Å². The monoisotopic (exact) mass is 276 g/mol. The molecule has 2 heterocycles. The van der Waals surface area contributed by atoms with Gasteiger partial charge in [0, 0.05) is 31.0 Å². The minimum atomic E-state index is -0.769. The van der Waals surface area contributed by atoms with Crippen LogP contribution in [0.15, 0.2) is 39.6 Å². The summed E-state index contributed by atoms with van der Waals surface area (Å²) in [5.41, 5.74) is 0.637. The Morgan fingerprint density at radius 2 is 2.40 bits per heavy atom. The van der Waals surface area contributed by atoms with Gasteiger partial charge in [0.15, 0.2) is 11.9 Å². The number of nitrogens with one attached hydrogen (secondary N) is 1. The molecule has 1 atom stereocenters. The number of rotatable bonds is 6. The molecule has 0 bridgehead atoms. The molecule has 1 amide bonds. The molecular weight excluding hydrogens is 260 g/mol. The fourth-order valence-corrected chi connectivity index (χ4v) is 1.71. The number of aliphatic imine (C=N–C) groups is 1. The first-order valence-corrected chi connectivity index (χ1v) is 6.32. The van der Waals surface area contributed by atoms with Gasteiger partial charge in [0.2, 0.25) is 5.91 Å². The minimum absolute atomic E-state index is 0.173. The van der Waals surface area contributed by atoms with Crippen molar-refractivity contribution in [2.75, 3.05) is 13.2 Å². The molecule has 6 heteroatoms. The van der Waals surface area contributed by atoms with Gasteiger partial charge in [-0.2, -0.15) is 0 Å². The highest BCUT2D eigenvalue weighted by atomic mass is 16.5. The third-order valence-electron chi connectivity index (χ3n) is 2.71. The van der Waals surface area contributed by atoms with Gasteiger partial charge in [-0.15, -0.1) is 0 Å². The van der Waals surface area contributed by atoms with Crippen molar-refractivity contribution in [1.82, 2.24) is 5.32 Å². The van der Waals surface area contributed by atoms with Gasteiger partial charge >= 0.3 is 0 Å². The maximum absolute atomic E-state index is 11.5. The van der Waals surface area contributed by atoms with Gasteiger partial charge in [0.05, 0.1) is 6.26 Å². The number of carbonyl (C=O) groups excluding carboxylic acids is 2. The van der Waals surface area contributed by atoms with Crippen LogP contribution < -0.4 is 5.32 Å². The number of hydrogen-bond donors (Lipinski definition) is 1. The molecule has 0 aromatic carbocycles. The van der Waals surface area contributed by atoms with Crippen molar-refractivity contribution in [3.05, 3.63) is 35.9 Å². The summed E-state index contributed by atoms with van der Waals surface area (Å²) in [6.45, 7) is 2.01. The first-order valence-electron chi connectivity index (χ1n) is 6.32. The van der Waals surface area contributed by atoms with Gasteiger partial charge in [0.1, 0.15) is 12.4 Å². The van der Waals surface area contributed by atoms with E-state index in [9.17, 15) is 9.59 Å². The van der Waals surface area contributed by atoms with Crippen LogP contribution in [0.5, 0.6) is 0 Å². The molecule has 1 aliphatic heterocycles. The molecule has 1 aliphatic rings. The zero-order valence-electron chi connectivity index (χ0n) is 11.2. The second-order valence-electron chi connectivity index (χ2n) is 4.38. The van der Waals surface area contributed by atoms with Gasteiger partial charge < -0.3 is 14.5 Å². The quantitative estimate of drug-likeness (QED) is 0.836. The number of hydrogen-bond acceptors (Lipinski definition) is 5. The van der Waals surface area contributed by atoms with Crippen molar-refractivity contribution >= 4 is 17.9 Å². The van der Waals surface area contributed by atoms with E-state index in [0.29, 0.717) is 18.7 Å². The average Bonchev–Trinajstić information content (AvgIpc) is 2.91. The SMILES string of the molecule is CC1=CC(=O)C(OCC(=O)NCCc2ccco2)C=N1. The van der Waals surface area contributed by atoms with Gasteiger partial charge in [-0.25, -0.2) is 0 Å². The van der Waals surface area contributed by atoms with Gasteiger partial charge in [-0.05, 0) is 19.1 Å². The molecule has 1 aromatic rings. The molecule has 2 rings (SSSR count). The number of ketones is 1. The van der Waals surface area contributed by atoms with E-state index in [1.54, 1.807) is 19.3 Å². The fraction of sp³-hybridized carbons (Fsp3) is 0.357. The van der Waals surface area contributed by atoms with Crippen LogP contribution in [-0.4, -0.2) is 37.2 Å². The number of nitrogens with zero attached hydrogens (tertiary/aromatic N) is 1. The number of ether oxygens (including phenoxy) is 1. The summed E-state index contributed by atoms with van der Waals surface area (Å²) in [6, 6.07) is 3.64. The summed E-state index contributed by atoms with van der Waals surface area (Å²) in [5, 5.41) is 2.69. The summed E-state index contributed by atoms with van der Waals surface area (Å²) in [7, 11) is 0. The van der Waals surface area contributed by atoms with E-state index >= 15 is 0 Å². The molecule has 1 N–H and O–H groups in total. The molecule has 0 saturated carbocycles. The molecule has 6 nitrogen and oxygen atoms in total. The van der Waals surface area contributed by atoms with Crippen LogP contribution in [0.2, 0.25) is 0 Å². The van der Waals surface area contributed by atoms with E-state index in [1.807, 2.05) is 6.07 Å². The molecule has 0 radical (unpaired) electrons. The fourth-order valence-electron chi connectivity index (χ4n) is 1.71. The van der Waals surface area contributed by atoms with E-state index in [1.165, 1.54) is 12.3 Å². The zero-order valence-corrected chi connectivity index (χ0v) is 11.2. The number of allylic oxidation sites excluding steroid dienone is 1. The van der Waals surface area contributed by atoms with E-state index in [-0.39, 0.29) is 18.3 Å². The number of furan rings is 1. The standard InChI is InChI=1S/C14H16N2O4/c1-10-7-12(17)13(8-16-10)20-9-14(18)15-5-4-11-3-2-6-19-11/h2-3,6-8,13H,4-5,9H2,1H3,(H,15,18). The Morgan fingerprint density at radius 1 is 1.55 bits per heavy atom. The topological polar surface area (TPSA) is 80.9 Å². The molecule has 0 fully saturated rings. The lowest BCUT2D eigenvalue weighted by Crippen LogP contribution is -2.34. The van der Waals surface area contributed by atoms with Crippen molar-refractivity contribution < 1.29 is 18.7 Å². The van der Waals surface area contributed by atoms with Crippen LogP contribution in [0.3, 0.4) is 0 Å². The maximum atomic E-state index is 11.5. The van der Waals surface area contributed by atoms with Crippen LogP contribution in [0.25, 0.3) is 0 Å². The van der Waals surface area contributed by atoms with E-state index in [4.69, 9.17) is 9.15 Å². The first kappa shape index (κ1) is 14.2. The highest BCUT2D eigenvalue weighted by Crippen LogP contribution is 2.05. The van der Waals surface area contributed by atoms with Crippen LogP contribution in [0.4, 0.5) is 0 Å². The largest absolute Gasteiger partial charge is 0.469 e. The second kappa shape index (κ2) is 6.81. The predicted octanol–water partition coefficient (Wildman–Crippen LogP) is 0.881. The van der Waals surface area contributed by atoms with E-state index in [0.717, 1.165) is 5.76 Å². The molecule has 0 aliphatic carbocycles. The van der Waals surface area contributed by atoms with E-state index in [2.05, 4.69) is 10.3 Å². The minimum Gasteiger partial charge on any atom is -0.469 e. The highest BCUT2D eigenvalue weighted by molar-refractivity contribution is 6.07. The predicted molar refractivity (Wildman–Crippen MR) is 72.4 cm³/mol. The summed E-state index contributed by atoms with van der Waals surface area (Å²) >= 11 is 0. The Kier molecular flexibility index (Phi) is 4.84. The number of carbonyl (C=O) groups is 2. The Hall–Kier alpha value is -2.21. The Balaban J connectivity index is 1.65. The zero-order chi connectivity index (χ0) is 14.4. The van der Waals surface area contributed by atoms with Crippen LogP contribution in [-0.2, 0) is 20.7 Å². The van der Waals surface area contributed by atoms with Gasteiger partial charge in [0.25, 0.3) is 0 Å². The van der Waals surface area contributed by atoms with Crippen molar-refractivity contribution in [3.63, 3.8) is 0 Å². The summed E-state index contributed by atoms with van der Waals surface area (Å²) in [4.78, 5) is 27.1. The molecule has 0 spiro atoms. The highest BCUT2D eigenvalue weighted by Gasteiger charge is 2.19.